The van der Waals surface area contributed by atoms with Crippen LogP contribution in [0.15, 0.2) is 53.9 Å². The van der Waals surface area contributed by atoms with E-state index in [2.05, 4.69) is 20.6 Å². The van der Waals surface area contributed by atoms with E-state index in [1.165, 1.54) is 0 Å². The second-order valence-electron chi connectivity index (χ2n) is 5.58. The molecule has 25 heavy (non-hydrogen) atoms. The molecule has 1 aromatic carbocycles. The maximum Gasteiger partial charge on any atom is 0.251 e. The van der Waals surface area contributed by atoms with E-state index < -0.39 is 0 Å². The summed E-state index contributed by atoms with van der Waals surface area (Å²) in [7, 11) is 0. The van der Waals surface area contributed by atoms with Crippen LogP contribution in [0.1, 0.15) is 21.7 Å². The Labute approximate surface area is 148 Å². The van der Waals surface area contributed by atoms with Crippen LogP contribution in [0.4, 0.5) is 0 Å². The van der Waals surface area contributed by atoms with Crippen molar-refractivity contribution >= 4 is 22.9 Å². The predicted octanol–water partition coefficient (Wildman–Crippen LogP) is 3.09. The van der Waals surface area contributed by atoms with E-state index in [0.717, 1.165) is 16.1 Å². The lowest BCUT2D eigenvalue weighted by molar-refractivity contribution is 0.0949. The summed E-state index contributed by atoms with van der Waals surface area (Å²) in [5.41, 5.74) is 3.10. The number of amides is 1. The summed E-state index contributed by atoms with van der Waals surface area (Å²) in [5.74, 6) is 0.458. The van der Waals surface area contributed by atoms with Crippen molar-refractivity contribution in [2.45, 2.75) is 13.5 Å². The van der Waals surface area contributed by atoms with Crippen LogP contribution in [0.3, 0.4) is 0 Å². The summed E-state index contributed by atoms with van der Waals surface area (Å²) in [5, 5.41) is 17.8. The van der Waals surface area contributed by atoms with E-state index in [1.807, 2.05) is 54.8 Å². The van der Waals surface area contributed by atoms with Crippen molar-refractivity contribution in [3.05, 3.63) is 70.9 Å². The van der Waals surface area contributed by atoms with E-state index in [9.17, 15) is 4.79 Å². The summed E-state index contributed by atoms with van der Waals surface area (Å²) < 4.78 is 1.67. The van der Waals surface area contributed by atoms with Crippen molar-refractivity contribution in [2.75, 3.05) is 0 Å². The molecule has 0 saturated carbocycles. The van der Waals surface area contributed by atoms with Gasteiger partial charge >= 0.3 is 0 Å². The standard InChI is InChI=1S/C18H15N5OS/c1-12-5-2-3-6-13(12)18(24)19-11-17-21-20-16-9-8-14(22-23(16)17)15-7-4-10-25-15/h2-10H,11H2,1H3,(H,19,24). The molecule has 1 amide bonds. The lowest BCUT2D eigenvalue weighted by atomic mass is 10.1. The lowest BCUT2D eigenvalue weighted by Gasteiger charge is -2.06. The fraction of sp³-hybridized carbons (Fsp3) is 0.111. The third kappa shape index (κ3) is 3.01. The monoisotopic (exact) mass is 349 g/mol. The largest absolute Gasteiger partial charge is 0.345 e. The number of thiophene rings is 1. The maximum atomic E-state index is 12.4. The highest BCUT2D eigenvalue weighted by atomic mass is 32.1. The van der Waals surface area contributed by atoms with E-state index in [0.29, 0.717) is 17.0 Å². The highest BCUT2D eigenvalue weighted by Crippen LogP contribution is 2.22. The topological polar surface area (TPSA) is 72.2 Å². The second-order valence-corrected chi connectivity index (χ2v) is 6.53. The van der Waals surface area contributed by atoms with Gasteiger partial charge in [-0.3, -0.25) is 4.79 Å². The molecule has 0 fully saturated rings. The van der Waals surface area contributed by atoms with Crippen LogP contribution in [0, 0.1) is 6.92 Å². The number of hydrogen-bond donors (Lipinski definition) is 1. The van der Waals surface area contributed by atoms with E-state index in [4.69, 9.17) is 0 Å². The van der Waals surface area contributed by atoms with Gasteiger partial charge in [-0.2, -0.15) is 9.61 Å². The van der Waals surface area contributed by atoms with Gasteiger partial charge in [0.05, 0.1) is 11.4 Å². The Morgan fingerprint density at radius 1 is 1.12 bits per heavy atom. The van der Waals surface area contributed by atoms with Crippen LogP contribution < -0.4 is 5.32 Å². The van der Waals surface area contributed by atoms with Gasteiger partial charge in [0.2, 0.25) is 0 Å². The quantitative estimate of drug-likeness (QED) is 0.614. The zero-order chi connectivity index (χ0) is 17.2. The molecule has 0 spiro atoms. The van der Waals surface area contributed by atoms with Gasteiger partial charge in [0.25, 0.3) is 5.91 Å². The molecule has 3 heterocycles. The molecule has 0 atom stereocenters. The highest BCUT2D eigenvalue weighted by molar-refractivity contribution is 7.13. The van der Waals surface area contributed by atoms with Gasteiger partial charge < -0.3 is 5.32 Å². The van der Waals surface area contributed by atoms with Gasteiger partial charge in [0, 0.05) is 5.56 Å². The van der Waals surface area contributed by atoms with Crippen molar-refractivity contribution in [3.63, 3.8) is 0 Å². The molecule has 6 nitrogen and oxygen atoms in total. The minimum absolute atomic E-state index is 0.135. The zero-order valence-electron chi connectivity index (χ0n) is 13.5. The van der Waals surface area contributed by atoms with Gasteiger partial charge in [0.15, 0.2) is 11.5 Å². The third-order valence-corrected chi connectivity index (χ3v) is 4.79. The number of fused-ring (bicyclic) bond motifs is 1. The number of benzene rings is 1. The summed E-state index contributed by atoms with van der Waals surface area (Å²) in [6.45, 7) is 2.17. The van der Waals surface area contributed by atoms with Crippen molar-refractivity contribution in [1.29, 1.82) is 0 Å². The lowest BCUT2D eigenvalue weighted by Crippen LogP contribution is -2.25. The van der Waals surface area contributed by atoms with Gasteiger partial charge in [-0.05, 0) is 42.1 Å². The third-order valence-electron chi connectivity index (χ3n) is 3.90. The Morgan fingerprint density at radius 3 is 2.80 bits per heavy atom. The molecule has 0 bridgehead atoms. The molecule has 4 rings (SSSR count). The average molecular weight is 349 g/mol. The average Bonchev–Trinajstić information content (AvgIpc) is 3.29. The first-order chi connectivity index (χ1) is 12.2. The Morgan fingerprint density at radius 2 is 2.00 bits per heavy atom. The fourth-order valence-corrected chi connectivity index (χ4v) is 3.27. The Bertz CT molecular complexity index is 1040. The molecule has 0 aliphatic carbocycles. The molecule has 4 aromatic rings. The SMILES string of the molecule is Cc1ccccc1C(=O)NCc1nnc2ccc(-c3cccs3)nn12. The minimum atomic E-state index is -0.135. The Balaban J connectivity index is 1.58. The summed E-state index contributed by atoms with van der Waals surface area (Å²) in [6, 6.07) is 15.3. The molecule has 7 heteroatoms. The van der Waals surface area contributed by atoms with Crippen LogP contribution in [0.25, 0.3) is 16.2 Å². The normalized spacial score (nSPS) is 10.9. The minimum Gasteiger partial charge on any atom is -0.345 e. The van der Waals surface area contributed by atoms with Crippen LogP contribution >= 0.6 is 11.3 Å². The molecule has 0 radical (unpaired) electrons. The van der Waals surface area contributed by atoms with Crippen LogP contribution in [-0.4, -0.2) is 25.7 Å². The zero-order valence-corrected chi connectivity index (χ0v) is 14.3. The molecule has 0 aliphatic rings. The Kier molecular flexibility index (Phi) is 3.99. The number of nitrogens with zero attached hydrogens (tertiary/aromatic N) is 4. The molecule has 0 unspecified atom stereocenters. The number of carbonyl (C=O) groups excluding carboxylic acids is 1. The molecular weight excluding hydrogens is 334 g/mol. The number of aromatic nitrogens is 4. The molecule has 1 N–H and O–H groups in total. The fourth-order valence-electron chi connectivity index (χ4n) is 2.58. The Hall–Kier alpha value is -3.06. The number of aryl methyl sites for hydroxylation is 1. The summed E-state index contributed by atoms with van der Waals surface area (Å²) >= 11 is 1.62. The molecule has 124 valence electrons. The van der Waals surface area contributed by atoms with Crippen molar-refractivity contribution in [2.24, 2.45) is 0 Å². The second kappa shape index (κ2) is 6.45. The molecule has 3 aromatic heterocycles. The smallest absolute Gasteiger partial charge is 0.251 e. The van der Waals surface area contributed by atoms with Crippen LogP contribution in [0.2, 0.25) is 0 Å². The number of nitrogens with one attached hydrogen (secondary N) is 1. The van der Waals surface area contributed by atoms with E-state index in [-0.39, 0.29) is 12.5 Å². The molecular formula is C18H15N5OS. The van der Waals surface area contributed by atoms with Crippen LogP contribution in [-0.2, 0) is 6.54 Å². The van der Waals surface area contributed by atoms with Gasteiger partial charge in [-0.25, -0.2) is 0 Å². The van der Waals surface area contributed by atoms with Crippen LogP contribution in [0.5, 0.6) is 0 Å². The first-order valence-corrected chi connectivity index (χ1v) is 8.69. The molecule has 0 saturated heterocycles. The number of rotatable bonds is 4. The predicted molar refractivity (Wildman–Crippen MR) is 96.4 cm³/mol. The van der Waals surface area contributed by atoms with Crippen molar-refractivity contribution < 1.29 is 4.79 Å². The van der Waals surface area contributed by atoms with Gasteiger partial charge in [-0.15, -0.1) is 21.5 Å². The summed E-state index contributed by atoms with van der Waals surface area (Å²) in [4.78, 5) is 13.4. The summed E-state index contributed by atoms with van der Waals surface area (Å²) in [6.07, 6.45) is 0. The van der Waals surface area contributed by atoms with E-state index >= 15 is 0 Å². The first kappa shape index (κ1) is 15.5. The van der Waals surface area contributed by atoms with Crippen molar-refractivity contribution in [1.82, 2.24) is 25.1 Å². The van der Waals surface area contributed by atoms with Gasteiger partial charge in [-0.1, -0.05) is 24.3 Å². The van der Waals surface area contributed by atoms with Crippen molar-refractivity contribution in [3.8, 4) is 10.6 Å². The molecule has 0 aliphatic heterocycles. The van der Waals surface area contributed by atoms with E-state index in [1.54, 1.807) is 21.9 Å². The number of carbonyl (C=O) groups is 1. The first-order valence-electron chi connectivity index (χ1n) is 7.81. The van der Waals surface area contributed by atoms with Gasteiger partial charge in [0.1, 0.15) is 5.69 Å². The maximum absolute atomic E-state index is 12.4. The highest BCUT2D eigenvalue weighted by Gasteiger charge is 2.12. The number of hydrogen-bond acceptors (Lipinski definition) is 5.